The molecule has 4 nitrogen and oxygen atoms in total. The molecule has 0 heterocycles. The zero-order valence-electron chi connectivity index (χ0n) is 20.9. The quantitative estimate of drug-likeness (QED) is 0.145. The van der Waals surface area contributed by atoms with Gasteiger partial charge < -0.3 is 9.47 Å². The van der Waals surface area contributed by atoms with E-state index in [2.05, 4.69) is 30.3 Å². The maximum absolute atomic E-state index is 13.4. The Morgan fingerprint density at radius 3 is 1.64 bits per heavy atom. The Bertz CT molecular complexity index is 1580. The van der Waals surface area contributed by atoms with Gasteiger partial charge in [-0.15, -0.1) is 0 Å². The second-order valence-electron chi connectivity index (χ2n) is 9.77. The van der Waals surface area contributed by atoms with E-state index in [4.69, 9.17) is 9.47 Å². The monoisotopic (exact) mass is 476 g/mol. The van der Waals surface area contributed by atoms with E-state index in [1.54, 1.807) is 52.0 Å². The SMILES string of the molecule is CC(C)OC(=O)C(C)(C)Oc1ccc(C(=O)c2ccc3c4ccccc4c4ccccc4c3c2)cc1. The van der Waals surface area contributed by atoms with Crippen LogP contribution in [0.1, 0.15) is 43.6 Å². The molecular weight excluding hydrogens is 448 g/mol. The van der Waals surface area contributed by atoms with Gasteiger partial charge in [0.2, 0.25) is 0 Å². The van der Waals surface area contributed by atoms with Gasteiger partial charge in [0.15, 0.2) is 11.4 Å². The van der Waals surface area contributed by atoms with Gasteiger partial charge in [-0.25, -0.2) is 4.79 Å². The van der Waals surface area contributed by atoms with E-state index in [0.717, 1.165) is 16.2 Å². The third-order valence-corrected chi connectivity index (χ3v) is 6.33. The molecule has 5 aromatic rings. The number of carbonyl (C=O) groups is 2. The Hall–Kier alpha value is -4.18. The van der Waals surface area contributed by atoms with Gasteiger partial charge in [0, 0.05) is 11.1 Å². The number of esters is 1. The summed E-state index contributed by atoms with van der Waals surface area (Å²) in [4.78, 5) is 25.7. The first-order valence-corrected chi connectivity index (χ1v) is 12.1. The molecule has 5 rings (SSSR count). The van der Waals surface area contributed by atoms with Crippen LogP contribution in [0.4, 0.5) is 0 Å². The predicted molar refractivity (Wildman–Crippen MR) is 145 cm³/mol. The highest BCUT2D eigenvalue weighted by molar-refractivity contribution is 6.26. The number of hydrogen-bond donors (Lipinski definition) is 0. The highest BCUT2D eigenvalue weighted by Crippen LogP contribution is 2.35. The van der Waals surface area contributed by atoms with Crippen molar-refractivity contribution in [1.29, 1.82) is 0 Å². The summed E-state index contributed by atoms with van der Waals surface area (Å²) < 4.78 is 11.1. The molecule has 4 heteroatoms. The van der Waals surface area contributed by atoms with Crippen molar-refractivity contribution in [2.75, 3.05) is 0 Å². The molecule has 0 unspecified atom stereocenters. The van der Waals surface area contributed by atoms with E-state index < -0.39 is 11.6 Å². The van der Waals surface area contributed by atoms with Crippen LogP contribution in [-0.4, -0.2) is 23.5 Å². The van der Waals surface area contributed by atoms with Crippen LogP contribution < -0.4 is 4.74 Å². The number of carbonyl (C=O) groups excluding carboxylic acids is 2. The number of fused-ring (bicyclic) bond motifs is 6. The lowest BCUT2D eigenvalue weighted by atomic mass is 9.92. The maximum atomic E-state index is 13.4. The van der Waals surface area contributed by atoms with Crippen LogP contribution in [0.25, 0.3) is 32.3 Å². The third kappa shape index (κ3) is 4.31. The average Bonchev–Trinajstić information content (AvgIpc) is 2.88. The molecule has 0 fully saturated rings. The Morgan fingerprint density at radius 2 is 1.11 bits per heavy atom. The minimum atomic E-state index is -1.14. The molecule has 0 atom stereocenters. The zero-order chi connectivity index (χ0) is 25.4. The van der Waals surface area contributed by atoms with Crippen molar-refractivity contribution in [1.82, 2.24) is 0 Å². The van der Waals surface area contributed by atoms with Crippen LogP contribution >= 0.6 is 0 Å². The number of benzene rings is 5. The van der Waals surface area contributed by atoms with Crippen molar-refractivity contribution in [3.63, 3.8) is 0 Å². The standard InChI is InChI=1S/C32H28O4/c1-20(2)35-31(34)32(3,4)36-23-16-13-21(14-17-23)30(33)22-15-18-28-26-11-6-5-9-24(26)25-10-7-8-12-27(25)29(28)19-22/h5-20H,1-4H3. The van der Waals surface area contributed by atoms with E-state index in [1.165, 1.54) is 16.2 Å². The summed E-state index contributed by atoms with van der Waals surface area (Å²) in [5.41, 5.74) is 0.0321. The zero-order valence-corrected chi connectivity index (χ0v) is 20.9. The van der Waals surface area contributed by atoms with E-state index in [9.17, 15) is 9.59 Å². The summed E-state index contributed by atoms with van der Waals surface area (Å²) in [7, 11) is 0. The Kier molecular flexibility index (Phi) is 5.97. The fourth-order valence-corrected chi connectivity index (χ4v) is 4.58. The molecule has 0 saturated carbocycles. The van der Waals surface area contributed by atoms with E-state index in [0.29, 0.717) is 16.9 Å². The molecule has 0 N–H and O–H groups in total. The lowest BCUT2D eigenvalue weighted by Gasteiger charge is -2.25. The summed E-state index contributed by atoms with van der Waals surface area (Å²) in [5, 5.41) is 6.85. The summed E-state index contributed by atoms with van der Waals surface area (Å²) in [6.45, 7) is 6.93. The van der Waals surface area contributed by atoms with E-state index in [-0.39, 0.29) is 11.9 Å². The van der Waals surface area contributed by atoms with Crippen LogP contribution in [0.5, 0.6) is 5.75 Å². The Labute approximate surface area is 210 Å². The van der Waals surface area contributed by atoms with Gasteiger partial charge in [-0.2, -0.15) is 0 Å². The van der Waals surface area contributed by atoms with Gasteiger partial charge in [-0.3, -0.25) is 4.79 Å². The topological polar surface area (TPSA) is 52.6 Å². The molecule has 0 aliphatic heterocycles. The van der Waals surface area contributed by atoms with Crippen LogP contribution in [0, 0.1) is 0 Å². The summed E-state index contributed by atoms with van der Waals surface area (Å²) in [6, 6.07) is 29.5. The van der Waals surface area contributed by atoms with Gasteiger partial charge >= 0.3 is 5.97 Å². The van der Waals surface area contributed by atoms with Gasteiger partial charge in [-0.05, 0) is 90.3 Å². The summed E-state index contributed by atoms with van der Waals surface area (Å²) in [6.07, 6.45) is -0.225. The second-order valence-corrected chi connectivity index (χ2v) is 9.77. The van der Waals surface area contributed by atoms with Crippen LogP contribution in [0.15, 0.2) is 91.0 Å². The predicted octanol–water partition coefficient (Wildman–Crippen LogP) is 7.49. The maximum Gasteiger partial charge on any atom is 0.350 e. The Morgan fingerprint density at radius 1 is 0.639 bits per heavy atom. The lowest BCUT2D eigenvalue weighted by Crippen LogP contribution is -2.40. The molecule has 36 heavy (non-hydrogen) atoms. The highest BCUT2D eigenvalue weighted by atomic mass is 16.6. The average molecular weight is 477 g/mol. The largest absolute Gasteiger partial charge is 0.476 e. The van der Waals surface area contributed by atoms with Crippen molar-refractivity contribution in [2.24, 2.45) is 0 Å². The molecule has 0 amide bonds. The van der Waals surface area contributed by atoms with E-state index in [1.807, 2.05) is 36.4 Å². The van der Waals surface area contributed by atoms with Crippen molar-refractivity contribution in [3.05, 3.63) is 102 Å². The van der Waals surface area contributed by atoms with Crippen LogP contribution in [0.3, 0.4) is 0 Å². The summed E-state index contributed by atoms with van der Waals surface area (Å²) >= 11 is 0. The Balaban J connectivity index is 1.48. The second kappa shape index (κ2) is 9.12. The molecule has 0 saturated heterocycles. The first-order valence-electron chi connectivity index (χ1n) is 12.1. The van der Waals surface area contributed by atoms with Gasteiger partial charge in [0.1, 0.15) is 5.75 Å². The smallest absolute Gasteiger partial charge is 0.350 e. The molecule has 0 bridgehead atoms. The van der Waals surface area contributed by atoms with Crippen molar-refractivity contribution in [2.45, 2.75) is 39.4 Å². The first-order chi connectivity index (χ1) is 17.2. The number of ketones is 1. The molecule has 0 radical (unpaired) electrons. The van der Waals surface area contributed by atoms with Gasteiger partial charge in [-0.1, -0.05) is 60.7 Å². The normalized spacial score (nSPS) is 11.8. The molecule has 5 aromatic carbocycles. The molecule has 180 valence electrons. The van der Waals surface area contributed by atoms with Gasteiger partial charge in [0.05, 0.1) is 6.10 Å². The summed E-state index contributed by atoms with van der Waals surface area (Å²) in [5.74, 6) is -0.0130. The molecule has 0 aliphatic rings. The van der Waals surface area contributed by atoms with Crippen molar-refractivity contribution < 1.29 is 19.1 Å². The molecule has 0 aliphatic carbocycles. The molecule has 0 aromatic heterocycles. The fraction of sp³-hybridized carbons (Fsp3) is 0.188. The molecular formula is C32H28O4. The lowest BCUT2D eigenvalue weighted by molar-refractivity contribution is -0.163. The van der Waals surface area contributed by atoms with Crippen molar-refractivity contribution in [3.8, 4) is 5.75 Å². The van der Waals surface area contributed by atoms with Crippen molar-refractivity contribution >= 4 is 44.1 Å². The number of ether oxygens (including phenoxy) is 2. The van der Waals surface area contributed by atoms with Crippen LogP contribution in [0.2, 0.25) is 0 Å². The molecule has 0 spiro atoms. The highest BCUT2D eigenvalue weighted by Gasteiger charge is 2.32. The minimum Gasteiger partial charge on any atom is -0.476 e. The third-order valence-electron chi connectivity index (χ3n) is 6.33. The number of hydrogen-bond acceptors (Lipinski definition) is 4. The van der Waals surface area contributed by atoms with Gasteiger partial charge in [0.25, 0.3) is 0 Å². The fourth-order valence-electron chi connectivity index (χ4n) is 4.58. The van der Waals surface area contributed by atoms with Crippen LogP contribution in [-0.2, 0) is 9.53 Å². The number of rotatable bonds is 6. The van der Waals surface area contributed by atoms with E-state index >= 15 is 0 Å². The first kappa shape index (κ1) is 23.6. The minimum absolute atomic E-state index is 0.0702.